The van der Waals surface area contributed by atoms with Crippen LogP contribution in [0.1, 0.15) is 5.56 Å². The topological polar surface area (TPSA) is 4.10 Å². The Balaban J connectivity index is 0.000000540. The zero-order valence-corrected chi connectivity index (χ0v) is 20.7. The molecule has 6 aromatic rings. The average molecular weight is 509 g/mol. The van der Waals surface area contributed by atoms with E-state index >= 15 is 0 Å². The van der Waals surface area contributed by atoms with Crippen molar-refractivity contribution in [2.75, 3.05) is 0 Å². The Morgan fingerprint density at radius 3 is 1.55 bits per heavy atom. The molecule has 0 amide bonds. The maximum atomic E-state index is 9.75. The van der Waals surface area contributed by atoms with Crippen molar-refractivity contribution < 1.29 is 21.7 Å². The van der Waals surface area contributed by atoms with Crippen molar-refractivity contribution in [3.63, 3.8) is 0 Å². The van der Waals surface area contributed by atoms with Gasteiger partial charge in [0.15, 0.2) is 6.20 Å². The first-order valence-electron chi connectivity index (χ1n) is 12.3. The van der Waals surface area contributed by atoms with E-state index in [-0.39, 0.29) is 0 Å². The van der Waals surface area contributed by atoms with Gasteiger partial charge in [0, 0.05) is 16.5 Å². The lowest BCUT2D eigenvalue weighted by Gasteiger charge is -2.15. The number of nitrogens with zero attached hydrogens (tertiary/aromatic N) is 1. The second kappa shape index (κ2) is 10.5. The van der Waals surface area contributed by atoms with E-state index in [1.165, 1.54) is 55.4 Å². The second-order valence-corrected chi connectivity index (χ2v) is 9.01. The number of rotatable bonds is 3. The number of aryl methyl sites for hydroxylation is 1. The van der Waals surface area contributed by atoms with Crippen LogP contribution in [0.5, 0.6) is 0 Å². The molecule has 2 heterocycles. The van der Waals surface area contributed by atoms with E-state index in [4.69, 9.17) is 0 Å². The molecule has 0 radical (unpaired) electrons. The second-order valence-electron chi connectivity index (χ2n) is 9.01. The van der Waals surface area contributed by atoms with Crippen LogP contribution in [-0.4, -0.2) is 7.25 Å². The Morgan fingerprint density at radius 1 is 0.553 bits per heavy atom. The molecule has 4 aromatic carbocycles. The van der Waals surface area contributed by atoms with Gasteiger partial charge in [-0.2, -0.15) is 4.40 Å². The molecule has 0 N–H and O–H groups in total. The maximum absolute atomic E-state index is 9.75. The third-order valence-corrected chi connectivity index (χ3v) is 6.32. The molecule has 38 heavy (non-hydrogen) atoms. The fraction of sp³-hybridized carbons (Fsp3) is 0.0312. The van der Waals surface area contributed by atoms with Gasteiger partial charge in [0.05, 0.1) is 16.5 Å². The molecule has 0 aliphatic rings. The number of hydrogen-bond donors (Lipinski definition) is 0. The summed E-state index contributed by atoms with van der Waals surface area (Å²) in [6, 6.07) is 43.4. The van der Waals surface area contributed by atoms with Crippen LogP contribution in [0.2, 0.25) is 0 Å². The summed E-state index contributed by atoms with van der Waals surface area (Å²) in [5.41, 5.74) is 9.88. The number of hydrogen-bond acceptors (Lipinski definition) is 0. The zero-order chi connectivity index (χ0) is 26.7. The molecule has 0 aliphatic heterocycles. The Labute approximate surface area is 218 Å². The molecule has 0 bridgehead atoms. The highest BCUT2D eigenvalue weighted by atomic mass is 19.5. The van der Waals surface area contributed by atoms with Crippen LogP contribution in [-0.2, 0) is 0 Å². The van der Waals surface area contributed by atoms with E-state index in [1.54, 1.807) is 0 Å². The molecule has 188 valence electrons. The highest BCUT2D eigenvalue weighted by molar-refractivity contribution is 6.50. The molecule has 0 fully saturated rings. The third kappa shape index (κ3) is 5.30. The van der Waals surface area contributed by atoms with Crippen LogP contribution in [0.25, 0.3) is 49.8 Å². The summed E-state index contributed by atoms with van der Waals surface area (Å²) in [6.45, 7) is 2.19. The monoisotopic (exact) mass is 509 g/mol. The maximum Gasteiger partial charge on any atom is 0.673 e. The van der Waals surface area contributed by atoms with E-state index in [0.717, 1.165) is 0 Å². The summed E-state index contributed by atoms with van der Waals surface area (Å²) in [6.07, 6.45) is 2.28. The zero-order valence-electron chi connectivity index (χ0n) is 20.7. The Morgan fingerprint density at radius 2 is 1.00 bits per heavy atom. The van der Waals surface area contributed by atoms with E-state index in [1.807, 2.05) is 0 Å². The number of halogens is 4. The highest BCUT2D eigenvalue weighted by Crippen LogP contribution is 2.39. The van der Waals surface area contributed by atoms with Crippen LogP contribution < -0.4 is 4.40 Å². The van der Waals surface area contributed by atoms with Crippen molar-refractivity contribution in [1.82, 2.24) is 0 Å². The van der Waals surface area contributed by atoms with Crippen molar-refractivity contribution in [2.45, 2.75) is 6.92 Å². The van der Waals surface area contributed by atoms with E-state index in [9.17, 15) is 17.3 Å². The summed E-state index contributed by atoms with van der Waals surface area (Å²) in [5.74, 6) is 0. The Kier molecular flexibility index (Phi) is 6.97. The van der Waals surface area contributed by atoms with Gasteiger partial charge in [-0.15, -0.1) is 0 Å². The van der Waals surface area contributed by atoms with Gasteiger partial charge in [-0.05, 0) is 42.3 Å². The van der Waals surface area contributed by atoms with Gasteiger partial charge in [0.2, 0.25) is 11.2 Å². The fourth-order valence-electron chi connectivity index (χ4n) is 4.95. The first kappa shape index (κ1) is 25.2. The van der Waals surface area contributed by atoms with Crippen LogP contribution in [0, 0.1) is 6.92 Å². The van der Waals surface area contributed by atoms with Crippen LogP contribution >= 0.6 is 0 Å². The molecule has 0 saturated heterocycles. The number of benzene rings is 4. The average Bonchev–Trinajstić information content (AvgIpc) is 2.92. The molecule has 0 unspecified atom stereocenters. The molecule has 0 spiro atoms. The lowest BCUT2D eigenvalue weighted by molar-refractivity contribution is -0.497. The summed E-state index contributed by atoms with van der Waals surface area (Å²) < 4.78 is 41.4. The smallest absolute Gasteiger partial charge is 0.418 e. The first-order chi connectivity index (χ1) is 18.3. The molecule has 6 heteroatoms. The molecule has 0 atom stereocenters. The molecule has 0 aliphatic carbocycles. The van der Waals surface area contributed by atoms with Crippen LogP contribution in [0.15, 0.2) is 128 Å². The standard InChI is InChI=1S/C32H24N.BF4/c1-23-21-29(24-13-5-2-6-14-24)32-28-20-12-11-19-27(28)30(25-15-7-3-8-16-25)31(33(32)22-23)26-17-9-4-10-18-26;2-1(3,4)5/h2-22H,1H3;/q+1;-1. The van der Waals surface area contributed by atoms with Gasteiger partial charge in [-0.3, -0.25) is 0 Å². The van der Waals surface area contributed by atoms with E-state index < -0.39 is 7.25 Å². The van der Waals surface area contributed by atoms with Gasteiger partial charge < -0.3 is 17.3 Å². The number of fused-ring (bicyclic) bond motifs is 3. The minimum absolute atomic E-state index is 1.21. The van der Waals surface area contributed by atoms with Crippen molar-refractivity contribution in [3.8, 4) is 33.5 Å². The van der Waals surface area contributed by atoms with E-state index in [2.05, 4.69) is 139 Å². The van der Waals surface area contributed by atoms with Crippen LogP contribution in [0.3, 0.4) is 0 Å². The van der Waals surface area contributed by atoms with Crippen molar-refractivity contribution in [1.29, 1.82) is 0 Å². The van der Waals surface area contributed by atoms with Gasteiger partial charge in [-0.25, -0.2) is 0 Å². The molecule has 0 saturated carbocycles. The summed E-state index contributed by atoms with van der Waals surface area (Å²) >= 11 is 0. The van der Waals surface area contributed by atoms with Crippen molar-refractivity contribution in [2.24, 2.45) is 0 Å². The lowest BCUT2D eigenvalue weighted by atomic mass is 9.90. The Bertz CT molecular complexity index is 1700. The molecule has 1 nitrogen and oxygen atoms in total. The SMILES string of the molecule is Cc1cc(-c2ccccc2)c2c3ccccc3c(-c3ccccc3)c(-c3ccccc3)[n+]2c1.F[B-](F)(F)F. The molecule has 2 aromatic heterocycles. The number of pyridine rings is 2. The molecular formula is C32H24BF4N. The highest BCUT2D eigenvalue weighted by Gasteiger charge is 2.27. The minimum Gasteiger partial charge on any atom is -0.418 e. The quantitative estimate of drug-likeness (QED) is 0.0970. The largest absolute Gasteiger partial charge is 0.673 e. The number of aromatic nitrogens is 1. The fourth-order valence-corrected chi connectivity index (χ4v) is 4.95. The third-order valence-electron chi connectivity index (χ3n) is 6.32. The summed E-state index contributed by atoms with van der Waals surface area (Å²) in [4.78, 5) is 0. The van der Waals surface area contributed by atoms with Gasteiger partial charge in [-0.1, -0.05) is 97.1 Å². The van der Waals surface area contributed by atoms with Gasteiger partial charge in [0.1, 0.15) is 0 Å². The summed E-state index contributed by atoms with van der Waals surface area (Å²) in [7, 11) is -6.00. The normalized spacial score (nSPS) is 11.3. The predicted molar refractivity (Wildman–Crippen MR) is 148 cm³/mol. The predicted octanol–water partition coefficient (Wildman–Crippen LogP) is 9.19. The first-order valence-corrected chi connectivity index (χ1v) is 12.3. The molecular weight excluding hydrogens is 485 g/mol. The lowest BCUT2D eigenvalue weighted by Crippen LogP contribution is -2.27. The van der Waals surface area contributed by atoms with E-state index in [0.29, 0.717) is 0 Å². The van der Waals surface area contributed by atoms with Crippen LogP contribution in [0.4, 0.5) is 17.3 Å². The van der Waals surface area contributed by atoms with Crippen molar-refractivity contribution in [3.05, 3.63) is 133 Å². The summed E-state index contributed by atoms with van der Waals surface area (Å²) in [5, 5.41) is 2.53. The minimum atomic E-state index is -6.00. The van der Waals surface area contributed by atoms with Crippen molar-refractivity contribution >= 4 is 23.5 Å². The molecule has 6 rings (SSSR count). The van der Waals surface area contributed by atoms with Gasteiger partial charge in [0.25, 0.3) is 0 Å². The van der Waals surface area contributed by atoms with Gasteiger partial charge >= 0.3 is 7.25 Å². The Hall–Kier alpha value is -4.45.